The molecular weight excluding hydrogens is 376 g/mol. The molecule has 2 aliphatic rings. The minimum Gasteiger partial charge on any atom is -0.494 e. The second kappa shape index (κ2) is 9.57. The van der Waals surface area contributed by atoms with Gasteiger partial charge in [0, 0.05) is 37.6 Å². The molecule has 29 heavy (non-hydrogen) atoms. The van der Waals surface area contributed by atoms with E-state index in [1.165, 1.54) is 12.2 Å². The Balaban J connectivity index is 1.79. The summed E-state index contributed by atoms with van der Waals surface area (Å²) >= 11 is 0. The summed E-state index contributed by atoms with van der Waals surface area (Å²) in [4.78, 5) is 2.10. The summed E-state index contributed by atoms with van der Waals surface area (Å²) in [6, 6.07) is 0. The van der Waals surface area contributed by atoms with E-state index in [1.807, 2.05) is 31.1 Å². The maximum atomic E-state index is 14.2. The maximum absolute atomic E-state index is 14.2. The molecule has 0 spiro atoms. The van der Waals surface area contributed by atoms with Gasteiger partial charge in [-0.3, -0.25) is 4.68 Å². The second-order valence-electron chi connectivity index (χ2n) is 8.34. The first-order chi connectivity index (χ1) is 13.8. The van der Waals surface area contributed by atoms with Crippen molar-refractivity contribution < 1.29 is 18.3 Å². The van der Waals surface area contributed by atoms with Crippen LogP contribution in [0.5, 0.6) is 0 Å². The Kier molecular flexibility index (Phi) is 7.11. The number of ether oxygens (including phenoxy) is 2. The number of aromatic nitrogens is 2. The fraction of sp³-hybridized carbons (Fsp3) is 0.591. The Morgan fingerprint density at radius 3 is 2.79 bits per heavy atom. The van der Waals surface area contributed by atoms with Crippen molar-refractivity contribution in [2.75, 3.05) is 27.2 Å². The number of nitrogens with zero attached hydrogens (tertiary/aromatic N) is 3. The number of allylic oxidation sites excluding steroid dienone is 3. The summed E-state index contributed by atoms with van der Waals surface area (Å²) in [5.41, 5.74) is 2.05. The lowest BCUT2D eigenvalue weighted by atomic mass is 9.99. The van der Waals surface area contributed by atoms with E-state index in [1.54, 1.807) is 0 Å². The first-order valence-electron chi connectivity index (χ1n) is 10.2. The predicted molar refractivity (Wildman–Crippen MR) is 110 cm³/mol. The van der Waals surface area contributed by atoms with Gasteiger partial charge < -0.3 is 14.4 Å². The van der Waals surface area contributed by atoms with Crippen molar-refractivity contribution >= 4 is 6.08 Å². The number of fused-ring (bicyclic) bond motifs is 1. The zero-order valence-electron chi connectivity index (χ0n) is 17.7. The van der Waals surface area contributed by atoms with E-state index in [2.05, 4.69) is 23.8 Å². The highest BCUT2D eigenvalue weighted by Crippen LogP contribution is 2.32. The first-order valence-corrected chi connectivity index (χ1v) is 10.2. The van der Waals surface area contributed by atoms with Crippen LogP contribution in [0.4, 0.5) is 8.78 Å². The Morgan fingerprint density at radius 2 is 2.10 bits per heavy atom. The third kappa shape index (κ3) is 5.69. The van der Waals surface area contributed by atoms with Crippen molar-refractivity contribution in [3.8, 4) is 0 Å². The molecule has 0 aromatic carbocycles. The van der Waals surface area contributed by atoms with Crippen LogP contribution in [0.15, 0.2) is 35.7 Å². The highest BCUT2D eigenvalue weighted by Gasteiger charge is 2.29. The van der Waals surface area contributed by atoms with Crippen LogP contribution in [-0.2, 0) is 22.4 Å². The second-order valence-corrected chi connectivity index (χ2v) is 8.34. The number of hydrogen-bond donors (Lipinski definition) is 0. The van der Waals surface area contributed by atoms with E-state index in [0.717, 1.165) is 30.8 Å². The van der Waals surface area contributed by atoms with Gasteiger partial charge in [0.05, 0.1) is 18.5 Å². The Hall–Kier alpha value is -2.15. The molecule has 3 rings (SSSR count). The molecule has 0 amide bonds. The number of hydrogen-bond acceptors (Lipinski definition) is 4. The van der Waals surface area contributed by atoms with Gasteiger partial charge in [-0.15, -0.1) is 0 Å². The minimum atomic E-state index is -1.30. The van der Waals surface area contributed by atoms with E-state index >= 15 is 0 Å². The maximum Gasteiger partial charge on any atom is 0.160 e. The fourth-order valence-electron chi connectivity index (χ4n) is 3.46. The van der Waals surface area contributed by atoms with Gasteiger partial charge in [-0.1, -0.05) is 13.8 Å². The molecule has 1 aromatic heterocycles. The third-order valence-corrected chi connectivity index (χ3v) is 4.89. The fourth-order valence-corrected chi connectivity index (χ4v) is 3.46. The molecule has 1 aromatic rings. The van der Waals surface area contributed by atoms with Gasteiger partial charge in [-0.2, -0.15) is 5.10 Å². The lowest BCUT2D eigenvalue weighted by molar-refractivity contribution is 0.0699. The van der Waals surface area contributed by atoms with Crippen molar-refractivity contribution in [2.24, 2.45) is 5.92 Å². The molecule has 0 radical (unpaired) electrons. The van der Waals surface area contributed by atoms with Crippen LogP contribution in [0.3, 0.4) is 0 Å². The predicted octanol–water partition coefficient (Wildman–Crippen LogP) is 4.27. The zero-order chi connectivity index (χ0) is 21.0. The molecule has 7 heteroatoms. The average Bonchev–Trinajstić information content (AvgIpc) is 3.02. The highest BCUT2D eigenvalue weighted by atomic mass is 19.1. The van der Waals surface area contributed by atoms with Crippen LogP contribution in [-0.4, -0.2) is 54.2 Å². The molecule has 0 saturated carbocycles. The Labute approximate surface area is 171 Å². The van der Waals surface area contributed by atoms with Crippen molar-refractivity contribution in [2.45, 2.75) is 51.9 Å². The van der Waals surface area contributed by atoms with Crippen molar-refractivity contribution in [3.05, 3.63) is 47.0 Å². The standard InChI is InChI=1S/C22H31F2N3O2/c1-15(2)14-27-19-12-21(28-9-5-8-26(3)4)22(10-16(19)13-25-27)29-20-7-6-17(23)11-18(20)24/h6-7,12-13,15,17,22H,5,8-11,14H2,1-4H3. The quantitative estimate of drug-likeness (QED) is 0.573. The van der Waals surface area contributed by atoms with E-state index in [4.69, 9.17) is 9.47 Å². The molecule has 0 bridgehead atoms. The van der Waals surface area contributed by atoms with Crippen LogP contribution in [0.2, 0.25) is 0 Å². The first kappa shape index (κ1) is 21.6. The van der Waals surface area contributed by atoms with Crippen LogP contribution in [0, 0.1) is 5.92 Å². The summed E-state index contributed by atoms with van der Waals surface area (Å²) in [7, 11) is 4.04. The topological polar surface area (TPSA) is 39.5 Å². The van der Waals surface area contributed by atoms with E-state index in [-0.39, 0.29) is 12.2 Å². The molecule has 2 unspecified atom stereocenters. The zero-order valence-corrected chi connectivity index (χ0v) is 17.7. The molecule has 0 aliphatic heterocycles. The van der Waals surface area contributed by atoms with Gasteiger partial charge in [0.25, 0.3) is 0 Å². The number of rotatable bonds is 9. The smallest absolute Gasteiger partial charge is 0.160 e. The normalized spacial score (nSPS) is 21.6. The summed E-state index contributed by atoms with van der Waals surface area (Å²) in [5.74, 6) is 0.655. The molecular formula is C22H31F2N3O2. The van der Waals surface area contributed by atoms with Gasteiger partial charge in [-0.05, 0) is 38.6 Å². The van der Waals surface area contributed by atoms with Crippen molar-refractivity contribution in [3.63, 3.8) is 0 Å². The highest BCUT2D eigenvalue weighted by molar-refractivity contribution is 5.56. The molecule has 2 aliphatic carbocycles. The third-order valence-electron chi connectivity index (χ3n) is 4.89. The summed E-state index contributed by atoms with van der Waals surface area (Å²) in [5, 5.41) is 4.50. The summed E-state index contributed by atoms with van der Waals surface area (Å²) < 4.78 is 41.5. The van der Waals surface area contributed by atoms with E-state index < -0.39 is 18.1 Å². The van der Waals surface area contributed by atoms with Crippen LogP contribution in [0.25, 0.3) is 6.08 Å². The Bertz CT molecular complexity index is 796. The molecule has 160 valence electrons. The van der Waals surface area contributed by atoms with Gasteiger partial charge in [0.15, 0.2) is 11.9 Å². The van der Waals surface area contributed by atoms with Gasteiger partial charge >= 0.3 is 0 Å². The molecule has 1 heterocycles. The molecule has 2 atom stereocenters. The monoisotopic (exact) mass is 407 g/mol. The van der Waals surface area contributed by atoms with Crippen LogP contribution < -0.4 is 0 Å². The minimum absolute atomic E-state index is 0.0877. The average molecular weight is 408 g/mol. The molecule has 0 N–H and O–H groups in total. The van der Waals surface area contributed by atoms with Gasteiger partial charge in [0.1, 0.15) is 17.8 Å². The Morgan fingerprint density at radius 1 is 1.31 bits per heavy atom. The number of alkyl halides is 1. The van der Waals surface area contributed by atoms with E-state index in [9.17, 15) is 8.78 Å². The van der Waals surface area contributed by atoms with E-state index in [0.29, 0.717) is 24.7 Å². The van der Waals surface area contributed by atoms with Crippen LogP contribution >= 0.6 is 0 Å². The lowest BCUT2D eigenvalue weighted by Gasteiger charge is -2.27. The lowest BCUT2D eigenvalue weighted by Crippen LogP contribution is -2.26. The largest absolute Gasteiger partial charge is 0.494 e. The molecule has 0 fully saturated rings. The van der Waals surface area contributed by atoms with Crippen LogP contribution in [0.1, 0.15) is 37.9 Å². The van der Waals surface area contributed by atoms with Crippen molar-refractivity contribution in [1.82, 2.24) is 14.7 Å². The van der Waals surface area contributed by atoms with Gasteiger partial charge in [-0.25, -0.2) is 8.78 Å². The summed E-state index contributed by atoms with van der Waals surface area (Å²) in [6.45, 7) is 6.56. The summed E-state index contributed by atoms with van der Waals surface area (Å²) in [6.07, 6.45) is 5.88. The molecule has 0 saturated heterocycles. The number of halogens is 2. The van der Waals surface area contributed by atoms with Crippen molar-refractivity contribution in [1.29, 1.82) is 0 Å². The SMILES string of the molecule is CC(C)Cn1ncc2c1C=C(OCCCN(C)C)C(OC1=C(F)CC(F)C=C1)C2. The van der Waals surface area contributed by atoms with Gasteiger partial charge in [0.2, 0.25) is 0 Å². The molecule has 5 nitrogen and oxygen atoms in total.